The van der Waals surface area contributed by atoms with Crippen molar-refractivity contribution in [2.45, 2.75) is 83.2 Å². The normalized spacial score (nSPS) is 31.9. The van der Waals surface area contributed by atoms with Crippen molar-refractivity contribution in [2.24, 2.45) is 17.8 Å². The topological polar surface area (TPSA) is 90.4 Å². The van der Waals surface area contributed by atoms with Crippen LogP contribution in [0.2, 0.25) is 0 Å². The van der Waals surface area contributed by atoms with E-state index in [1.165, 1.54) is 4.90 Å². The Kier molecular flexibility index (Phi) is 8.62. The van der Waals surface area contributed by atoms with Gasteiger partial charge in [0.15, 0.2) is 0 Å². The molecule has 8 atom stereocenters. The third kappa shape index (κ3) is 4.49. The number of amides is 3. The van der Waals surface area contributed by atoms with Crippen LogP contribution in [0.25, 0.3) is 0 Å². The number of ether oxygens (including phenoxy) is 1. The van der Waals surface area contributed by atoms with Crippen LogP contribution in [0.15, 0.2) is 55.6 Å². The summed E-state index contributed by atoms with van der Waals surface area (Å²) in [4.78, 5) is 48.3. The molecule has 0 aromatic heterocycles. The summed E-state index contributed by atoms with van der Waals surface area (Å²) in [7, 11) is 0. The highest BCUT2D eigenvalue weighted by atomic mass is 16.5. The number of hydrogen-bond donors (Lipinski definition) is 1. The molecule has 3 saturated heterocycles. The number of rotatable bonds is 12. The van der Waals surface area contributed by atoms with Crippen LogP contribution in [0.4, 0.5) is 5.69 Å². The SMILES string of the molecule is C=CCN(C(=O)[C@H]1[C@H]2C(=O)N([C@H](C)CO)C(C(=O)N(CC=C)C(C)CCC)C23CC(C)[C@]1(C)O3)c1ccccc1. The first kappa shape index (κ1) is 30.0. The van der Waals surface area contributed by atoms with E-state index in [4.69, 9.17) is 4.74 Å². The van der Waals surface area contributed by atoms with Gasteiger partial charge in [0, 0.05) is 24.8 Å². The summed E-state index contributed by atoms with van der Waals surface area (Å²) in [6.45, 7) is 17.8. The van der Waals surface area contributed by atoms with E-state index in [2.05, 4.69) is 20.1 Å². The number of nitrogens with zero attached hydrogens (tertiary/aromatic N) is 3. The van der Waals surface area contributed by atoms with Gasteiger partial charge in [-0.1, -0.05) is 50.6 Å². The van der Waals surface area contributed by atoms with E-state index in [0.717, 1.165) is 12.8 Å². The van der Waals surface area contributed by atoms with E-state index in [9.17, 15) is 19.5 Å². The van der Waals surface area contributed by atoms with E-state index in [1.54, 1.807) is 28.9 Å². The summed E-state index contributed by atoms with van der Waals surface area (Å²) in [5.41, 5.74) is -1.39. The summed E-state index contributed by atoms with van der Waals surface area (Å²) < 4.78 is 6.89. The predicted octanol–water partition coefficient (Wildman–Crippen LogP) is 3.80. The van der Waals surface area contributed by atoms with Crippen molar-refractivity contribution < 1.29 is 24.2 Å². The van der Waals surface area contributed by atoms with Crippen LogP contribution in [0.3, 0.4) is 0 Å². The molecule has 1 aromatic rings. The van der Waals surface area contributed by atoms with E-state index in [0.29, 0.717) is 18.7 Å². The van der Waals surface area contributed by atoms with Crippen LogP contribution in [0.1, 0.15) is 53.9 Å². The lowest BCUT2D eigenvalue weighted by Gasteiger charge is -2.40. The molecule has 8 heteroatoms. The molecule has 0 aliphatic carbocycles. The van der Waals surface area contributed by atoms with E-state index in [1.807, 2.05) is 51.1 Å². The third-order valence-electron chi connectivity index (χ3n) is 9.48. The minimum atomic E-state index is -1.17. The maximum atomic E-state index is 14.5. The number of para-hydroxylation sites is 1. The largest absolute Gasteiger partial charge is 0.394 e. The molecule has 3 heterocycles. The highest BCUT2D eigenvalue weighted by Crippen LogP contribution is 2.66. The van der Waals surface area contributed by atoms with Crippen molar-refractivity contribution in [1.29, 1.82) is 0 Å². The molecule has 40 heavy (non-hydrogen) atoms. The minimum Gasteiger partial charge on any atom is -0.394 e. The van der Waals surface area contributed by atoms with Crippen LogP contribution in [-0.4, -0.2) is 81.7 Å². The molecule has 2 bridgehead atoms. The van der Waals surface area contributed by atoms with Crippen LogP contribution in [-0.2, 0) is 19.1 Å². The van der Waals surface area contributed by atoms with Gasteiger partial charge < -0.3 is 24.5 Å². The van der Waals surface area contributed by atoms with Gasteiger partial charge in [-0.2, -0.15) is 0 Å². The molecule has 0 radical (unpaired) electrons. The van der Waals surface area contributed by atoms with Crippen molar-refractivity contribution in [2.75, 3.05) is 24.6 Å². The lowest BCUT2D eigenvalue weighted by atomic mass is 9.62. The second-order valence-electron chi connectivity index (χ2n) is 12.0. The van der Waals surface area contributed by atoms with Crippen LogP contribution >= 0.6 is 0 Å². The molecule has 8 nitrogen and oxygen atoms in total. The van der Waals surface area contributed by atoms with Crippen molar-refractivity contribution in [3.8, 4) is 0 Å². The number of aliphatic hydroxyl groups is 1. The summed E-state index contributed by atoms with van der Waals surface area (Å²) >= 11 is 0. The second-order valence-corrected chi connectivity index (χ2v) is 12.0. The molecule has 3 aliphatic heterocycles. The number of carbonyl (C=O) groups is 3. The van der Waals surface area contributed by atoms with Gasteiger partial charge in [0.05, 0.1) is 30.1 Å². The van der Waals surface area contributed by atoms with Crippen molar-refractivity contribution in [3.63, 3.8) is 0 Å². The zero-order valence-electron chi connectivity index (χ0n) is 24.6. The highest BCUT2D eigenvalue weighted by Gasteiger charge is 2.80. The average Bonchev–Trinajstić information content (AvgIpc) is 3.46. The molecule has 3 fully saturated rings. The smallest absolute Gasteiger partial charge is 0.248 e. The molecule has 0 saturated carbocycles. The molecule has 1 N–H and O–H groups in total. The van der Waals surface area contributed by atoms with Crippen LogP contribution in [0.5, 0.6) is 0 Å². The van der Waals surface area contributed by atoms with Gasteiger partial charge in [-0.05, 0) is 51.7 Å². The zero-order valence-corrected chi connectivity index (χ0v) is 24.6. The summed E-state index contributed by atoms with van der Waals surface area (Å²) in [6, 6.07) is 7.72. The first-order valence-corrected chi connectivity index (χ1v) is 14.6. The Labute approximate surface area is 238 Å². The standard InChI is InChI=1S/C32H45N3O5/c1-8-14-22(5)33(17-9-2)30(39)27-32-19-21(4)31(7,40-32)25(26(32)29(38)35(27)23(6)20-36)28(37)34(18-10-3)24-15-12-11-13-16-24/h9-13,15-16,21-23,25-27,36H,2-3,8,14,17-20H2,1,4-7H3/t21?,22?,23-,25-,26+,27?,31+,32?/m1/s1. The van der Waals surface area contributed by atoms with Crippen molar-refractivity contribution in [1.82, 2.24) is 9.80 Å². The fourth-order valence-corrected chi connectivity index (χ4v) is 7.48. The average molecular weight is 552 g/mol. The van der Waals surface area contributed by atoms with Gasteiger partial charge in [0.25, 0.3) is 0 Å². The molecular weight excluding hydrogens is 506 g/mol. The molecular formula is C32H45N3O5. The second kappa shape index (κ2) is 11.5. The zero-order chi connectivity index (χ0) is 29.4. The summed E-state index contributed by atoms with van der Waals surface area (Å²) in [6.07, 6.45) is 5.55. The van der Waals surface area contributed by atoms with Crippen molar-refractivity contribution >= 4 is 23.4 Å². The molecule has 1 aromatic carbocycles. The number of benzene rings is 1. The third-order valence-corrected chi connectivity index (χ3v) is 9.48. The van der Waals surface area contributed by atoms with Crippen LogP contribution < -0.4 is 4.90 Å². The maximum Gasteiger partial charge on any atom is 0.248 e. The Morgan fingerprint density at radius 2 is 1.82 bits per heavy atom. The van der Waals surface area contributed by atoms with E-state index < -0.39 is 35.1 Å². The summed E-state index contributed by atoms with van der Waals surface area (Å²) in [5.74, 6) is -2.45. The quantitative estimate of drug-likeness (QED) is 0.399. The molecule has 3 aliphatic rings. The number of carbonyl (C=O) groups excluding carboxylic acids is 3. The van der Waals surface area contributed by atoms with E-state index >= 15 is 0 Å². The first-order valence-electron chi connectivity index (χ1n) is 14.6. The maximum absolute atomic E-state index is 14.5. The Morgan fingerprint density at radius 1 is 1.18 bits per heavy atom. The Morgan fingerprint density at radius 3 is 2.40 bits per heavy atom. The van der Waals surface area contributed by atoms with Crippen LogP contribution in [0, 0.1) is 17.8 Å². The van der Waals surface area contributed by atoms with E-state index in [-0.39, 0.29) is 42.8 Å². The lowest BCUT2D eigenvalue weighted by Crippen LogP contribution is -2.59. The number of likely N-dealkylation sites (tertiary alicyclic amines) is 1. The van der Waals surface area contributed by atoms with Gasteiger partial charge in [0.1, 0.15) is 11.6 Å². The summed E-state index contributed by atoms with van der Waals surface area (Å²) in [5, 5.41) is 10.2. The monoisotopic (exact) mass is 551 g/mol. The highest BCUT2D eigenvalue weighted by molar-refractivity contribution is 6.03. The Hall–Kier alpha value is -2.97. The predicted molar refractivity (Wildman–Crippen MR) is 155 cm³/mol. The number of anilines is 1. The minimum absolute atomic E-state index is 0.0717. The van der Waals surface area contributed by atoms with Gasteiger partial charge >= 0.3 is 0 Å². The molecule has 3 amide bonds. The van der Waals surface area contributed by atoms with Crippen molar-refractivity contribution in [3.05, 3.63) is 55.6 Å². The molecule has 1 spiro atoms. The molecule has 4 unspecified atom stereocenters. The Bertz CT molecular complexity index is 1140. The fraction of sp³-hybridized carbons (Fsp3) is 0.594. The number of hydrogen-bond acceptors (Lipinski definition) is 5. The molecule has 218 valence electrons. The Balaban J connectivity index is 1.85. The lowest BCUT2D eigenvalue weighted by molar-refractivity contribution is -0.156. The van der Waals surface area contributed by atoms with Gasteiger partial charge in [-0.25, -0.2) is 0 Å². The first-order chi connectivity index (χ1) is 19.0. The van der Waals surface area contributed by atoms with Gasteiger partial charge in [-0.3, -0.25) is 14.4 Å². The number of fused-ring (bicyclic) bond motifs is 1. The van der Waals surface area contributed by atoms with Gasteiger partial charge in [0.2, 0.25) is 17.7 Å². The van der Waals surface area contributed by atoms with Gasteiger partial charge in [-0.15, -0.1) is 13.2 Å². The number of aliphatic hydroxyl groups excluding tert-OH is 1. The molecule has 4 rings (SSSR count). The fourth-order valence-electron chi connectivity index (χ4n) is 7.48.